The van der Waals surface area contributed by atoms with E-state index in [9.17, 15) is 14.4 Å². The third-order valence-corrected chi connectivity index (χ3v) is 6.02. The van der Waals surface area contributed by atoms with Crippen LogP contribution in [0.5, 0.6) is 0 Å². The highest BCUT2D eigenvalue weighted by Crippen LogP contribution is 2.44. The van der Waals surface area contributed by atoms with Gasteiger partial charge in [0.25, 0.3) is 0 Å². The number of aliphatic carboxylic acids is 1. The topological polar surface area (TPSA) is 114 Å². The number of amides is 2. The number of alkyl carbamates (subject to hydrolysis) is 1. The summed E-state index contributed by atoms with van der Waals surface area (Å²) in [5.74, 6) is -0.984. The molecule has 0 heterocycles. The average Bonchev–Trinajstić information content (AvgIpc) is 3.11. The Labute approximate surface area is 190 Å². The largest absolute Gasteiger partial charge is 0.480 e. The van der Waals surface area contributed by atoms with Crippen molar-refractivity contribution in [3.8, 4) is 11.1 Å². The number of rotatable bonds is 11. The number of nitrogens with one attached hydrogen (secondary N) is 2. The molecule has 1 aliphatic carbocycles. The molecule has 1 aliphatic rings. The van der Waals surface area contributed by atoms with Crippen LogP contribution in [-0.2, 0) is 19.1 Å². The van der Waals surface area contributed by atoms with E-state index in [1.54, 1.807) is 0 Å². The number of hydrogen-bond acceptors (Lipinski definition) is 6. The van der Waals surface area contributed by atoms with Crippen molar-refractivity contribution in [3.63, 3.8) is 0 Å². The third-order valence-electron chi connectivity index (χ3n) is 5.06. The molecule has 0 saturated heterocycles. The van der Waals surface area contributed by atoms with Gasteiger partial charge in [0.15, 0.2) is 6.04 Å². The van der Waals surface area contributed by atoms with Gasteiger partial charge in [0.1, 0.15) is 6.61 Å². The number of fused-ring (bicyclic) bond motifs is 3. The van der Waals surface area contributed by atoms with Crippen molar-refractivity contribution in [1.29, 1.82) is 0 Å². The second-order valence-corrected chi connectivity index (χ2v) is 8.32. The molecule has 0 aromatic heterocycles. The molecule has 0 aliphatic heterocycles. The van der Waals surface area contributed by atoms with Crippen LogP contribution >= 0.6 is 11.8 Å². The van der Waals surface area contributed by atoms with Crippen molar-refractivity contribution in [3.05, 3.63) is 59.7 Å². The van der Waals surface area contributed by atoms with Crippen LogP contribution in [0, 0.1) is 0 Å². The number of carboxylic acid groups (broad SMARTS) is 1. The highest BCUT2D eigenvalue weighted by molar-refractivity contribution is 7.99. The van der Waals surface area contributed by atoms with E-state index >= 15 is 0 Å². The maximum absolute atomic E-state index is 12.1. The SMILES string of the molecule is COC[C@H](NC(=O)CSCCNC(=O)OCC1c2ccccc2-c2ccccc21)C(=O)O. The van der Waals surface area contributed by atoms with Crippen LogP contribution in [0.1, 0.15) is 17.0 Å². The molecule has 2 aromatic rings. The highest BCUT2D eigenvalue weighted by Gasteiger charge is 2.29. The van der Waals surface area contributed by atoms with Gasteiger partial charge >= 0.3 is 12.1 Å². The zero-order valence-corrected chi connectivity index (χ0v) is 18.5. The molecule has 8 nitrogen and oxygen atoms in total. The Balaban J connectivity index is 1.38. The van der Waals surface area contributed by atoms with E-state index < -0.39 is 24.0 Å². The summed E-state index contributed by atoms with van der Waals surface area (Å²) < 4.78 is 10.2. The van der Waals surface area contributed by atoms with Gasteiger partial charge in [-0.2, -0.15) is 11.8 Å². The molecule has 2 aromatic carbocycles. The quantitative estimate of drug-likeness (QED) is 0.443. The summed E-state index contributed by atoms with van der Waals surface area (Å²) in [4.78, 5) is 34.9. The number of ether oxygens (including phenoxy) is 2. The maximum Gasteiger partial charge on any atom is 0.407 e. The molecule has 0 saturated carbocycles. The van der Waals surface area contributed by atoms with Crippen molar-refractivity contribution in [2.24, 2.45) is 0 Å². The fraction of sp³-hybridized carbons (Fsp3) is 0.348. The molecule has 32 heavy (non-hydrogen) atoms. The van der Waals surface area contributed by atoms with Crippen molar-refractivity contribution < 1.29 is 29.0 Å². The maximum atomic E-state index is 12.1. The van der Waals surface area contributed by atoms with Gasteiger partial charge in [0.2, 0.25) is 5.91 Å². The number of thioether (sulfide) groups is 1. The molecule has 0 radical (unpaired) electrons. The van der Waals surface area contributed by atoms with Gasteiger partial charge < -0.3 is 25.2 Å². The van der Waals surface area contributed by atoms with Crippen molar-refractivity contribution in [1.82, 2.24) is 10.6 Å². The van der Waals surface area contributed by atoms with E-state index in [-0.39, 0.29) is 24.9 Å². The van der Waals surface area contributed by atoms with Crippen molar-refractivity contribution in [2.45, 2.75) is 12.0 Å². The monoisotopic (exact) mass is 458 g/mol. The van der Waals surface area contributed by atoms with Crippen LogP contribution in [0.15, 0.2) is 48.5 Å². The number of carbonyl (C=O) groups excluding carboxylic acids is 2. The molecular formula is C23H26N2O6S. The fourth-order valence-electron chi connectivity index (χ4n) is 3.62. The summed E-state index contributed by atoms with van der Waals surface area (Å²) in [5.41, 5.74) is 4.64. The average molecular weight is 459 g/mol. The number of benzene rings is 2. The Bertz CT molecular complexity index is 922. The zero-order valence-electron chi connectivity index (χ0n) is 17.7. The Morgan fingerprint density at radius 3 is 2.28 bits per heavy atom. The number of carbonyl (C=O) groups is 3. The summed E-state index contributed by atoms with van der Waals surface area (Å²) in [6.45, 7) is 0.468. The van der Waals surface area contributed by atoms with Crippen LogP contribution in [0.2, 0.25) is 0 Å². The number of methoxy groups -OCH3 is 1. The van der Waals surface area contributed by atoms with E-state index in [4.69, 9.17) is 14.6 Å². The molecule has 9 heteroatoms. The third kappa shape index (κ3) is 6.02. The predicted molar refractivity (Wildman–Crippen MR) is 122 cm³/mol. The van der Waals surface area contributed by atoms with Gasteiger partial charge in [-0.05, 0) is 22.3 Å². The first kappa shape index (κ1) is 23.6. The summed E-state index contributed by atoms with van der Waals surface area (Å²) >= 11 is 1.28. The molecule has 0 fully saturated rings. The highest BCUT2D eigenvalue weighted by atomic mass is 32.2. The predicted octanol–water partition coefficient (Wildman–Crippen LogP) is 2.47. The van der Waals surface area contributed by atoms with E-state index in [0.29, 0.717) is 12.3 Å². The van der Waals surface area contributed by atoms with Gasteiger partial charge in [-0.15, -0.1) is 0 Å². The molecule has 3 N–H and O–H groups in total. The Kier molecular flexibility index (Phi) is 8.52. The van der Waals surface area contributed by atoms with Crippen molar-refractivity contribution >= 4 is 29.7 Å². The van der Waals surface area contributed by atoms with E-state index in [1.807, 2.05) is 24.3 Å². The lowest BCUT2D eigenvalue weighted by Crippen LogP contribution is -2.44. The minimum absolute atomic E-state index is 0.000465. The minimum Gasteiger partial charge on any atom is -0.480 e. The van der Waals surface area contributed by atoms with Gasteiger partial charge in [0, 0.05) is 25.3 Å². The van der Waals surface area contributed by atoms with Gasteiger partial charge in [-0.1, -0.05) is 48.5 Å². The fourth-order valence-corrected chi connectivity index (χ4v) is 4.28. The summed E-state index contributed by atoms with van der Waals surface area (Å²) in [5, 5.41) is 14.1. The van der Waals surface area contributed by atoms with Crippen LogP contribution in [0.3, 0.4) is 0 Å². The van der Waals surface area contributed by atoms with Crippen molar-refractivity contribution in [2.75, 3.05) is 38.4 Å². The lowest BCUT2D eigenvalue weighted by molar-refractivity contribution is -0.142. The van der Waals surface area contributed by atoms with Gasteiger partial charge in [-0.3, -0.25) is 4.79 Å². The first-order valence-corrected chi connectivity index (χ1v) is 11.3. The molecule has 0 spiro atoms. The normalized spacial score (nSPS) is 13.0. The van der Waals surface area contributed by atoms with Crippen LogP contribution in [-0.4, -0.2) is 67.5 Å². The van der Waals surface area contributed by atoms with E-state index in [1.165, 1.54) is 30.0 Å². The van der Waals surface area contributed by atoms with E-state index in [2.05, 4.69) is 34.9 Å². The van der Waals surface area contributed by atoms with Gasteiger partial charge in [-0.25, -0.2) is 9.59 Å². The molecule has 1 atom stereocenters. The van der Waals surface area contributed by atoms with Crippen LogP contribution in [0.4, 0.5) is 4.79 Å². The summed E-state index contributed by atoms with van der Waals surface area (Å²) in [6.07, 6.45) is -0.511. The zero-order chi connectivity index (χ0) is 22.9. The Morgan fingerprint density at radius 1 is 1.06 bits per heavy atom. The lowest BCUT2D eigenvalue weighted by Gasteiger charge is -2.15. The summed E-state index contributed by atoms with van der Waals surface area (Å²) in [6, 6.07) is 15.2. The Morgan fingerprint density at radius 2 is 1.69 bits per heavy atom. The van der Waals surface area contributed by atoms with Gasteiger partial charge in [0.05, 0.1) is 12.4 Å². The first-order valence-electron chi connectivity index (χ1n) is 10.2. The Hall–Kier alpha value is -3.04. The second kappa shape index (κ2) is 11.5. The minimum atomic E-state index is -1.15. The number of hydrogen-bond donors (Lipinski definition) is 3. The van der Waals surface area contributed by atoms with E-state index in [0.717, 1.165) is 11.1 Å². The first-order chi connectivity index (χ1) is 15.5. The summed E-state index contributed by atoms with van der Waals surface area (Å²) in [7, 11) is 1.37. The second-order valence-electron chi connectivity index (χ2n) is 7.22. The molecule has 0 bridgehead atoms. The smallest absolute Gasteiger partial charge is 0.407 e. The molecular weight excluding hydrogens is 432 g/mol. The molecule has 3 rings (SSSR count). The van der Waals surface area contributed by atoms with Crippen LogP contribution < -0.4 is 10.6 Å². The molecule has 2 amide bonds. The molecule has 170 valence electrons. The standard InChI is InChI=1S/C23H26N2O6S/c1-30-13-20(22(27)28)25-21(26)14-32-11-10-24-23(29)31-12-19-17-8-4-2-6-15(17)16-7-3-5-9-18(16)19/h2-9,19-20H,10-14H2,1H3,(H,24,29)(H,25,26)(H,27,28)/t20-/m0/s1. The lowest BCUT2D eigenvalue weighted by atomic mass is 9.98. The van der Waals surface area contributed by atoms with Crippen LogP contribution in [0.25, 0.3) is 11.1 Å². The molecule has 0 unspecified atom stereocenters. The number of carboxylic acids is 1.